The number of para-hydroxylation sites is 2. The van der Waals surface area contributed by atoms with Crippen LogP contribution >= 0.6 is 0 Å². The van der Waals surface area contributed by atoms with Crippen molar-refractivity contribution in [3.8, 4) is 5.75 Å². The number of amides is 1. The van der Waals surface area contributed by atoms with Crippen molar-refractivity contribution in [2.24, 2.45) is 0 Å². The first kappa shape index (κ1) is 15.3. The van der Waals surface area contributed by atoms with Crippen LogP contribution in [0.1, 0.15) is 12.8 Å². The van der Waals surface area contributed by atoms with Crippen LogP contribution in [0.4, 0.5) is 5.69 Å². The molecule has 1 amide bonds. The number of nitrogens with one attached hydrogen (secondary N) is 2. The molecule has 0 spiro atoms. The van der Waals surface area contributed by atoms with E-state index in [4.69, 9.17) is 14.2 Å². The summed E-state index contributed by atoms with van der Waals surface area (Å²) in [6.45, 7) is 3.40. The summed E-state index contributed by atoms with van der Waals surface area (Å²) in [4.78, 5) is 12.2. The summed E-state index contributed by atoms with van der Waals surface area (Å²) in [5.74, 6) is 0.654. The Morgan fingerprint density at radius 3 is 2.91 bits per heavy atom. The van der Waals surface area contributed by atoms with Gasteiger partial charge in [0.15, 0.2) is 0 Å². The van der Waals surface area contributed by atoms with Crippen LogP contribution in [-0.2, 0) is 14.3 Å². The molecule has 0 aliphatic carbocycles. The highest BCUT2D eigenvalue weighted by Crippen LogP contribution is 2.26. The SMILES string of the molecule is O=C(CC1COCCN1)Nc1ccccc1OC1CCOC1. The minimum atomic E-state index is -0.0401. The fraction of sp³-hybridized carbons (Fsp3) is 0.562. The molecule has 1 aromatic carbocycles. The molecule has 0 saturated carbocycles. The van der Waals surface area contributed by atoms with Crippen LogP contribution in [0.15, 0.2) is 24.3 Å². The maximum Gasteiger partial charge on any atom is 0.226 e. The summed E-state index contributed by atoms with van der Waals surface area (Å²) in [5.41, 5.74) is 0.705. The second kappa shape index (κ2) is 7.58. The summed E-state index contributed by atoms with van der Waals surface area (Å²) >= 11 is 0. The van der Waals surface area contributed by atoms with Gasteiger partial charge in [-0.05, 0) is 12.1 Å². The zero-order chi connectivity index (χ0) is 15.2. The van der Waals surface area contributed by atoms with Crippen LogP contribution in [0, 0.1) is 0 Å². The van der Waals surface area contributed by atoms with Gasteiger partial charge < -0.3 is 24.8 Å². The minimum Gasteiger partial charge on any atom is -0.486 e. The van der Waals surface area contributed by atoms with Crippen LogP contribution in [0.2, 0.25) is 0 Å². The van der Waals surface area contributed by atoms with Crippen molar-refractivity contribution in [1.29, 1.82) is 0 Å². The second-order valence-electron chi connectivity index (χ2n) is 5.58. The molecular formula is C16H22N2O4. The zero-order valence-electron chi connectivity index (χ0n) is 12.5. The molecule has 0 radical (unpaired) electrons. The van der Waals surface area contributed by atoms with E-state index < -0.39 is 0 Å². The second-order valence-corrected chi connectivity index (χ2v) is 5.58. The summed E-state index contributed by atoms with van der Waals surface area (Å²) in [7, 11) is 0. The van der Waals surface area contributed by atoms with Gasteiger partial charge in [0, 0.05) is 25.4 Å². The van der Waals surface area contributed by atoms with Gasteiger partial charge in [-0.1, -0.05) is 12.1 Å². The lowest BCUT2D eigenvalue weighted by atomic mass is 10.2. The number of benzene rings is 1. The van der Waals surface area contributed by atoms with Crippen LogP contribution in [-0.4, -0.2) is 51.0 Å². The Hall–Kier alpha value is -1.63. The molecule has 2 aliphatic rings. The van der Waals surface area contributed by atoms with E-state index in [9.17, 15) is 4.79 Å². The van der Waals surface area contributed by atoms with Gasteiger partial charge in [0.05, 0.1) is 32.1 Å². The van der Waals surface area contributed by atoms with E-state index in [0.717, 1.165) is 19.6 Å². The van der Waals surface area contributed by atoms with Crippen molar-refractivity contribution in [2.45, 2.75) is 25.0 Å². The van der Waals surface area contributed by atoms with Gasteiger partial charge in [0.2, 0.25) is 5.91 Å². The molecule has 2 saturated heterocycles. The minimum absolute atomic E-state index is 0.0401. The fourth-order valence-electron chi connectivity index (χ4n) is 2.63. The summed E-state index contributed by atoms with van der Waals surface area (Å²) in [5, 5.41) is 6.21. The third-order valence-corrected chi connectivity index (χ3v) is 3.77. The molecule has 1 aromatic rings. The molecule has 2 heterocycles. The number of rotatable bonds is 5. The molecular weight excluding hydrogens is 284 g/mol. The predicted octanol–water partition coefficient (Wildman–Crippen LogP) is 1.17. The summed E-state index contributed by atoms with van der Waals surface area (Å²) in [6, 6.07) is 7.58. The number of ether oxygens (including phenoxy) is 3. The normalized spacial score (nSPS) is 24.9. The van der Waals surface area contributed by atoms with E-state index >= 15 is 0 Å². The topological polar surface area (TPSA) is 68.8 Å². The van der Waals surface area contributed by atoms with Crippen molar-refractivity contribution >= 4 is 11.6 Å². The molecule has 120 valence electrons. The van der Waals surface area contributed by atoms with Crippen LogP contribution < -0.4 is 15.4 Å². The lowest BCUT2D eigenvalue weighted by Crippen LogP contribution is -2.43. The quantitative estimate of drug-likeness (QED) is 0.855. The van der Waals surface area contributed by atoms with E-state index in [1.54, 1.807) is 0 Å². The molecule has 2 fully saturated rings. The maximum atomic E-state index is 12.2. The Bertz CT molecular complexity index is 497. The van der Waals surface area contributed by atoms with Gasteiger partial charge in [-0.3, -0.25) is 4.79 Å². The van der Waals surface area contributed by atoms with E-state index in [0.29, 0.717) is 37.7 Å². The molecule has 2 unspecified atom stereocenters. The Morgan fingerprint density at radius 1 is 1.27 bits per heavy atom. The highest BCUT2D eigenvalue weighted by atomic mass is 16.5. The Morgan fingerprint density at radius 2 is 2.14 bits per heavy atom. The molecule has 6 heteroatoms. The monoisotopic (exact) mass is 306 g/mol. The standard InChI is InChI=1S/C16H22N2O4/c19-16(9-12-10-21-8-6-17-12)18-14-3-1-2-4-15(14)22-13-5-7-20-11-13/h1-4,12-13,17H,5-11H2,(H,18,19). The van der Waals surface area contributed by atoms with Crippen molar-refractivity contribution in [3.05, 3.63) is 24.3 Å². The number of hydrogen-bond acceptors (Lipinski definition) is 5. The fourth-order valence-corrected chi connectivity index (χ4v) is 2.63. The molecule has 2 aliphatic heterocycles. The molecule has 0 bridgehead atoms. The largest absolute Gasteiger partial charge is 0.486 e. The summed E-state index contributed by atoms with van der Waals surface area (Å²) < 4.78 is 16.6. The molecule has 3 rings (SSSR count). The lowest BCUT2D eigenvalue weighted by molar-refractivity contribution is -0.117. The summed E-state index contributed by atoms with van der Waals surface area (Å²) in [6.07, 6.45) is 1.33. The molecule has 2 N–H and O–H groups in total. The van der Waals surface area contributed by atoms with Gasteiger partial charge >= 0.3 is 0 Å². The third kappa shape index (κ3) is 4.19. The highest BCUT2D eigenvalue weighted by molar-refractivity contribution is 5.92. The zero-order valence-corrected chi connectivity index (χ0v) is 12.5. The number of anilines is 1. The van der Waals surface area contributed by atoms with Crippen LogP contribution in [0.25, 0.3) is 0 Å². The van der Waals surface area contributed by atoms with Crippen molar-refractivity contribution in [2.75, 3.05) is 38.3 Å². The number of hydrogen-bond donors (Lipinski definition) is 2. The van der Waals surface area contributed by atoms with Crippen molar-refractivity contribution in [3.63, 3.8) is 0 Å². The third-order valence-electron chi connectivity index (χ3n) is 3.77. The first-order valence-electron chi connectivity index (χ1n) is 7.75. The molecule has 0 aromatic heterocycles. The van der Waals surface area contributed by atoms with Gasteiger partial charge in [0.1, 0.15) is 11.9 Å². The number of carbonyl (C=O) groups is 1. The van der Waals surface area contributed by atoms with Crippen molar-refractivity contribution < 1.29 is 19.0 Å². The first-order valence-corrected chi connectivity index (χ1v) is 7.75. The number of morpholine rings is 1. The van der Waals surface area contributed by atoms with Gasteiger partial charge in [-0.15, -0.1) is 0 Å². The average Bonchev–Trinajstić information content (AvgIpc) is 3.03. The van der Waals surface area contributed by atoms with E-state index in [2.05, 4.69) is 10.6 Å². The molecule has 2 atom stereocenters. The smallest absolute Gasteiger partial charge is 0.226 e. The molecule has 22 heavy (non-hydrogen) atoms. The Kier molecular flexibility index (Phi) is 5.26. The first-order chi connectivity index (χ1) is 10.8. The van der Waals surface area contributed by atoms with Gasteiger partial charge in [-0.2, -0.15) is 0 Å². The van der Waals surface area contributed by atoms with Crippen LogP contribution in [0.3, 0.4) is 0 Å². The predicted molar refractivity (Wildman–Crippen MR) is 82.2 cm³/mol. The maximum absolute atomic E-state index is 12.2. The van der Waals surface area contributed by atoms with E-state index in [1.807, 2.05) is 24.3 Å². The Balaban J connectivity index is 1.57. The van der Waals surface area contributed by atoms with Gasteiger partial charge in [-0.25, -0.2) is 0 Å². The lowest BCUT2D eigenvalue weighted by Gasteiger charge is -2.23. The van der Waals surface area contributed by atoms with Crippen LogP contribution in [0.5, 0.6) is 5.75 Å². The van der Waals surface area contributed by atoms with Crippen molar-refractivity contribution in [1.82, 2.24) is 5.32 Å². The molecule has 6 nitrogen and oxygen atoms in total. The van der Waals surface area contributed by atoms with Gasteiger partial charge in [0.25, 0.3) is 0 Å². The number of carbonyl (C=O) groups excluding carboxylic acids is 1. The van der Waals surface area contributed by atoms with E-state index in [-0.39, 0.29) is 18.1 Å². The highest BCUT2D eigenvalue weighted by Gasteiger charge is 2.20. The average molecular weight is 306 g/mol. The van der Waals surface area contributed by atoms with E-state index in [1.165, 1.54) is 0 Å². The Labute approximate surface area is 130 Å².